The number of hydrogen-bond donors (Lipinski definition) is 2. The fraction of sp³-hybridized carbons (Fsp3) is 0.476. The number of nitrogens with zero attached hydrogens (tertiary/aromatic N) is 6. The van der Waals surface area contributed by atoms with Crippen LogP contribution in [0.3, 0.4) is 0 Å². The van der Waals surface area contributed by atoms with Gasteiger partial charge in [0, 0.05) is 32.0 Å². The van der Waals surface area contributed by atoms with Crippen LogP contribution in [0.5, 0.6) is 0 Å². The zero-order valence-corrected chi connectivity index (χ0v) is 18.9. The predicted molar refractivity (Wildman–Crippen MR) is 119 cm³/mol. The number of methoxy groups -OCH3 is 1. The van der Waals surface area contributed by atoms with Gasteiger partial charge in [0.05, 0.1) is 18.3 Å². The van der Waals surface area contributed by atoms with Crippen LogP contribution < -0.4 is 10.2 Å². The number of nitrogens with one attached hydrogen (secondary N) is 1. The molecule has 3 aromatic rings. The molecular formula is C21H27F2N7O3. The molecule has 2 N–H and O–H groups in total. The lowest BCUT2D eigenvalue weighted by molar-refractivity contribution is -0.129. The van der Waals surface area contributed by atoms with Gasteiger partial charge in [-0.05, 0) is 33.3 Å². The molecule has 1 aliphatic rings. The van der Waals surface area contributed by atoms with E-state index in [0.29, 0.717) is 18.2 Å². The minimum absolute atomic E-state index is 0.210. The van der Waals surface area contributed by atoms with Gasteiger partial charge >= 0.3 is 0 Å². The van der Waals surface area contributed by atoms with E-state index < -0.39 is 18.6 Å². The zero-order chi connectivity index (χ0) is 24.2. The molecule has 3 aromatic heterocycles. The van der Waals surface area contributed by atoms with Gasteiger partial charge in [-0.25, -0.2) is 23.7 Å². The summed E-state index contributed by atoms with van der Waals surface area (Å²) in [7, 11) is 1.31. The van der Waals surface area contributed by atoms with Crippen LogP contribution in [0.1, 0.15) is 32.1 Å². The molecule has 178 valence electrons. The van der Waals surface area contributed by atoms with Crippen molar-refractivity contribution in [3.63, 3.8) is 0 Å². The summed E-state index contributed by atoms with van der Waals surface area (Å²) in [5.74, 6) is -0.713. The standard InChI is InChI=1S/C20H25F2N7O.CH2O2/c1-12(2)29-13(3)25-14-10-24-18(9-15(14)29)26-17-5-7-23-19(27-17)28-8-6-16(30-4)20(21,22)11-28;2-1-3/h5,7,9-10,12,16H,6,8,11H2,1-4H3,(H,23,24,26,27);1H,(H,2,3). The van der Waals surface area contributed by atoms with E-state index in [1.807, 2.05) is 13.0 Å². The zero-order valence-electron chi connectivity index (χ0n) is 18.9. The molecular weight excluding hydrogens is 436 g/mol. The van der Waals surface area contributed by atoms with Crippen LogP contribution in [0.25, 0.3) is 11.0 Å². The Bertz CT molecular complexity index is 1110. The Kier molecular flexibility index (Phi) is 7.36. The molecule has 1 aliphatic heterocycles. The van der Waals surface area contributed by atoms with Crippen molar-refractivity contribution in [2.45, 2.75) is 45.3 Å². The Morgan fingerprint density at radius 3 is 2.67 bits per heavy atom. The molecule has 4 heterocycles. The van der Waals surface area contributed by atoms with Crippen LogP contribution in [0.2, 0.25) is 0 Å². The summed E-state index contributed by atoms with van der Waals surface area (Å²) in [4.78, 5) is 27.4. The summed E-state index contributed by atoms with van der Waals surface area (Å²) < 4.78 is 35.5. The van der Waals surface area contributed by atoms with E-state index in [0.717, 1.165) is 16.9 Å². The van der Waals surface area contributed by atoms with E-state index in [4.69, 9.17) is 14.6 Å². The number of anilines is 3. The lowest BCUT2D eigenvalue weighted by atomic mass is 10.0. The second-order valence-corrected chi connectivity index (χ2v) is 7.85. The van der Waals surface area contributed by atoms with Gasteiger partial charge in [-0.15, -0.1) is 0 Å². The Morgan fingerprint density at radius 1 is 1.30 bits per heavy atom. The third-order valence-corrected chi connectivity index (χ3v) is 5.27. The molecule has 1 fully saturated rings. The third-order valence-electron chi connectivity index (χ3n) is 5.27. The van der Waals surface area contributed by atoms with Crippen LogP contribution in [0.15, 0.2) is 24.5 Å². The summed E-state index contributed by atoms with van der Waals surface area (Å²) in [6.45, 7) is 5.83. The number of rotatable bonds is 5. The highest BCUT2D eigenvalue weighted by Crippen LogP contribution is 2.31. The smallest absolute Gasteiger partial charge is 0.290 e. The molecule has 0 bridgehead atoms. The average Bonchev–Trinajstić information content (AvgIpc) is 3.09. The van der Waals surface area contributed by atoms with Gasteiger partial charge in [0.25, 0.3) is 12.4 Å². The quantitative estimate of drug-likeness (QED) is 0.549. The molecule has 0 saturated carbocycles. The topological polar surface area (TPSA) is 118 Å². The van der Waals surface area contributed by atoms with Gasteiger partial charge in [0.2, 0.25) is 5.95 Å². The second-order valence-electron chi connectivity index (χ2n) is 7.85. The molecule has 4 rings (SSSR count). The first-order valence-electron chi connectivity index (χ1n) is 10.4. The fourth-order valence-corrected chi connectivity index (χ4v) is 3.92. The van der Waals surface area contributed by atoms with Crippen molar-refractivity contribution in [2.75, 3.05) is 30.4 Å². The molecule has 1 atom stereocenters. The van der Waals surface area contributed by atoms with Crippen molar-refractivity contribution in [3.05, 3.63) is 30.4 Å². The highest BCUT2D eigenvalue weighted by atomic mass is 19.3. The molecule has 0 amide bonds. The summed E-state index contributed by atoms with van der Waals surface area (Å²) in [5.41, 5.74) is 1.79. The molecule has 0 aromatic carbocycles. The fourth-order valence-electron chi connectivity index (χ4n) is 3.92. The molecule has 0 spiro atoms. The number of carboxylic acid groups (broad SMARTS) is 1. The van der Waals surface area contributed by atoms with Crippen molar-refractivity contribution in [2.24, 2.45) is 0 Å². The maximum Gasteiger partial charge on any atom is 0.290 e. The highest BCUT2D eigenvalue weighted by Gasteiger charge is 2.45. The van der Waals surface area contributed by atoms with Crippen LogP contribution in [0, 0.1) is 6.92 Å². The number of fused-ring (bicyclic) bond motifs is 1. The first kappa shape index (κ1) is 24.2. The lowest BCUT2D eigenvalue weighted by Crippen LogP contribution is -2.52. The highest BCUT2D eigenvalue weighted by molar-refractivity contribution is 5.79. The summed E-state index contributed by atoms with van der Waals surface area (Å²) in [6.07, 6.45) is 2.38. The number of halogens is 2. The lowest BCUT2D eigenvalue weighted by Gasteiger charge is -2.37. The van der Waals surface area contributed by atoms with E-state index >= 15 is 0 Å². The minimum Gasteiger partial charge on any atom is -0.483 e. The van der Waals surface area contributed by atoms with Crippen molar-refractivity contribution < 1.29 is 23.4 Å². The van der Waals surface area contributed by atoms with Crippen LogP contribution in [-0.4, -0.2) is 68.3 Å². The normalized spacial score (nSPS) is 17.5. The SMILES string of the molecule is COC1CCN(c2nccc(Nc3cc4c(cn3)nc(C)n4C(C)C)n2)CC1(F)F.O=CO. The van der Waals surface area contributed by atoms with Gasteiger partial charge in [0.15, 0.2) is 0 Å². The first-order valence-corrected chi connectivity index (χ1v) is 10.4. The number of pyridine rings is 1. The number of piperidine rings is 1. The van der Waals surface area contributed by atoms with Gasteiger partial charge in [-0.1, -0.05) is 0 Å². The van der Waals surface area contributed by atoms with E-state index in [9.17, 15) is 8.78 Å². The summed E-state index contributed by atoms with van der Waals surface area (Å²) in [5, 5.41) is 10.0. The monoisotopic (exact) mass is 463 g/mol. The summed E-state index contributed by atoms with van der Waals surface area (Å²) >= 11 is 0. The number of carbonyl (C=O) groups is 1. The maximum atomic E-state index is 14.2. The molecule has 0 aliphatic carbocycles. The minimum atomic E-state index is -2.96. The molecule has 1 unspecified atom stereocenters. The number of aryl methyl sites for hydroxylation is 1. The van der Waals surface area contributed by atoms with Crippen LogP contribution >= 0.6 is 0 Å². The predicted octanol–water partition coefficient (Wildman–Crippen LogP) is 3.42. The van der Waals surface area contributed by atoms with E-state index in [1.54, 1.807) is 18.5 Å². The number of imidazole rings is 1. The van der Waals surface area contributed by atoms with Crippen molar-refractivity contribution >= 4 is 35.1 Å². The number of ether oxygens (including phenoxy) is 1. The Labute approximate surface area is 189 Å². The third kappa shape index (κ3) is 5.33. The Morgan fingerprint density at radius 2 is 2.03 bits per heavy atom. The first-order chi connectivity index (χ1) is 15.7. The molecule has 33 heavy (non-hydrogen) atoms. The van der Waals surface area contributed by atoms with Crippen LogP contribution in [-0.2, 0) is 9.53 Å². The molecule has 10 nitrogen and oxygen atoms in total. The number of alkyl halides is 2. The van der Waals surface area contributed by atoms with Crippen LogP contribution in [0.4, 0.5) is 26.4 Å². The van der Waals surface area contributed by atoms with Crippen molar-refractivity contribution in [1.82, 2.24) is 24.5 Å². The molecule has 12 heteroatoms. The van der Waals surface area contributed by atoms with Gasteiger partial charge in [-0.3, -0.25) is 4.79 Å². The second kappa shape index (κ2) is 10.0. The van der Waals surface area contributed by atoms with E-state index in [1.165, 1.54) is 12.0 Å². The van der Waals surface area contributed by atoms with Gasteiger partial charge in [0.1, 0.15) is 29.1 Å². The van der Waals surface area contributed by atoms with Gasteiger partial charge < -0.3 is 24.6 Å². The van der Waals surface area contributed by atoms with E-state index in [-0.39, 0.29) is 24.9 Å². The Hall–Kier alpha value is -3.41. The molecule has 0 radical (unpaired) electrons. The Balaban J connectivity index is 0.000000968. The number of aromatic nitrogens is 5. The van der Waals surface area contributed by atoms with Crippen molar-refractivity contribution in [1.29, 1.82) is 0 Å². The number of hydrogen-bond acceptors (Lipinski definition) is 8. The average molecular weight is 463 g/mol. The largest absolute Gasteiger partial charge is 0.483 e. The van der Waals surface area contributed by atoms with Gasteiger partial charge in [-0.2, -0.15) is 4.98 Å². The van der Waals surface area contributed by atoms with Crippen molar-refractivity contribution in [3.8, 4) is 0 Å². The van der Waals surface area contributed by atoms with E-state index in [2.05, 4.69) is 43.7 Å². The maximum absolute atomic E-state index is 14.2. The molecule has 1 saturated heterocycles. The summed E-state index contributed by atoms with van der Waals surface area (Å²) in [6, 6.07) is 3.85.